The monoisotopic (exact) mass is 492 g/mol. The van der Waals surface area contributed by atoms with Gasteiger partial charge in [0.2, 0.25) is 15.9 Å². The molecule has 0 radical (unpaired) electrons. The van der Waals surface area contributed by atoms with Gasteiger partial charge in [-0.05, 0) is 66.8 Å². The summed E-state index contributed by atoms with van der Waals surface area (Å²) in [6.07, 6.45) is 0.873. The molecule has 1 aliphatic heterocycles. The Balaban J connectivity index is 1.39. The predicted molar refractivity (Wildman–Crippen MR) is 125 cm³/mol. The van der Waals surface area contributed by atoms with Gasteiger partial charge in [0.05, 0.1) is 12.0 Å². The number of carbonyl (C=O) groups is 2. The van der Waals surface area contributed by atoms with Gasteiger partial charge in [-0.1, -0.05) is 11.6 Å². The van der Waals surface area contributed by atoms with Crippen LogP contribution >= 0.6 is 22.9 Å². The number of ether oxygens (including phenoxy) is 1. The number of methoxy groups -OCH3 is 1. The molecule has 0 saturated carbocycles. The number of hydrogen-bond acceptors (Lipinski definition) is 6. The summed E-state index contributed by atoms with van der Waals surface area (Å²) in [5.74, 6) is -0.816. The highest BCUT2D eigenvalue weighted by molar-refractivity contribution is 7.89. The van der Waals surface area contributed by atoms with Crippen LogP contribution in [0.1, 0.15) is 22.5 Å². The zero-order valence-corrected chi connectivity index (χ0v) is 19.6. The summed E-state index contributed by atoms with van der Waals surface area (Å²) >= 11 is 7.18. The van der Waals surface area contributed by atoms with E-state index in [0.29, 0.717) is 28.4 Å². The number of anilines is 1. The summed E-state index contributed by atoms with van der Waals surface area (Å²) < 4.78 is 32.7. The van der Waals surface area contributed by atoms with Crippen LogP contribution < -0.4 is 5.32 Å². The first-order valence-corrected chi connectivity index (χ1v) is 12.6. The lowest BCUT2D eigenvalue weighted by atomic mass is 9.97. The van der Waals surface area contributed by atoms with Crippen molar-refractivity contribution in [3.05, 3.63) is 58.4 Å². The number of sulfonamides is 1. The van der Waals surface area contributed by atoms with Gasteiger partial charge >= 0.3 is 5.97 Å². The van der Waals surface area contributed by atoms with Crippen molar-refractivity contribution in [3.8, 4) is 0 Å². The topological polar surface area (TPSA) is 92.8 Å². The Hall–Kier alpha value is -2.46. The van der Waals surface area contributed by atoms with E-state index in [1.54, 1.807) is 24.3 Å². The number of thiophene rings is 1. The molecule has 1 fully saturated rings. The second-order valence-electron chi connectivity index (χ2n) is 7.48. The molecule has 0 atom stereocenters. The molecule has 2 aromatic carbocycles. The lowest BCUT2D eigenvalue weighted by Crippen LogP contribution is -2.41. The molecule has 7 nitrogen and oxygen atoms in total. The predicted octanol–water partition coefficient (Wildman–Crippen LogP) is 4.38. The second kappa shape index (κ2) is 9.19. The number of rotatable bonds is 5. The summed E-state index contributed by atoms with van der Waals surface area (Å²) in [6.45, 7) is 0.546. The highest BCUT2D eigenvalue weighted by atomic mass is 35.5. The molecular weight excluding hydrogens is 472 g/mol. The van der Waals surface area contributed by atoms with E-state index in [9.17, 15) is 18.0 Å². The Bertz CT molecular complexity index is 1260. The minimum absolute atomic E-state index is 0.142. The SMILES string of the molecule is COC(=O)c1cc2cc(NC(=O)C3CCN(S(=O)(=O)c4ccc(Cl)cc4)CC3)ccc2s1. The molecule has 32 heavy (non-hydrogen) atoms. The fourth-order valence-corrected chi connectivity index (χ4v) is 6.24. The van der Waals surface area contributed by atoms with Crippen molar-refractivity contribution in [2.24, 2.45) is 5.92 Å². The summed E-state index contributed by atoms with van der Waals surface area (Å²) in [4.78, 5) is 25.2. The normalized spacial score (nSPS) is 15.6. The Morgan fingerprint density at radius 3 is 2.44 bits per heavy atom. The Morgan fingerprint density at radius 2 is 1.78 bits per heavy atom. The maximum absolute atomic E-state index is 12.8. The summed E-state index contributed by atoms with van der Waals surface area (Å²) in [5, 5.41) is 4.23. The lowest BCUT2D eigenvalue weighted by Gasteiger charge is -2.30. The number of fused-ring (bicyclic) bond motifs is 1. The lowest BCUT2D eigenvalue weighted by molar-refractivity contribution is -0.120. The quantitative estimate of drug-likeness (QED) is 0.533. The first-order valence-electron chi connectivity index (χ1n) is 9.96. The van der Waals surface area contributed by atoms with Gasteiger partial charge < -0.3 is 10.1 Å². The third-order valence-corrected chi connectivity index (χ3v) is 8.71. The average molecular weight is 493 g/mol. The van der Waals surface area contributed by atoms with E-state index in [-0.39, 0.29) is 29.8 Å². The largest absolute Gasteiger partial charge is 0.465 e. The van der Waals surface area contributed by atoms with Gasteiger partial charge in [0.15, 0.2) is 0 Å². The molecule has 1 amide bonds. The molecule has 4 rings (SSSR count). The Morgan fingerprint density at radius 1 is 1.09 bits per heavy atom. The van der Waals surface area contributed by atoms with Crippen LogP contribution in [0.3, 0.4) is 0 Å². The summed E-state index contributed by atoms with van der Waals surface area (Å²) in [5.41, 5.74) is 0.632. The van der Waals surface area contributed by atoms with Crippen LogP contribution in [0, 0.1) is 5.92 Å². The van der Waals surface area contributed by atoms with Crippen LogP contribution in [0.15, 0.2) is 53.4 Å². The van der Waals surface area contributed by atoms with Gasteiger partial charge in [-0.3, -0.25) is 4.79 Å². The van der Waals surface area contributed by atoms with Crippen molar-refractivity contribution in [1.29, 1.82) is 0 Å². The maximum Gasteiger partial charge on any atom is 0.348 e. The standard InChI is InChI=1S/C22H21ClN2O5S2/c1-30-22(27)20-13-15-12-17(4-7-19(15)31-20)24-21(26)14-8-10-25(11-9-14)32(28,29)18-5-2-16(23)3-6-18/h2-7,12-14H,8-11H2,1H3,(H,24,26). The smallest absolute Gasteiger partial charge is 0.348 e. The zero-order chi connectivity index (χ0) is 22.9. The molecule has 1 N–H and O–H groups in total. The third-order valence-electron chi connectivity index (χ3n) is 5.45. The van der Waals surface area contributed by atoms with Crippen molar-refractivity contribution in [3.63, 3.8) is 0 Å². The minimum atomic E-state index is -3.61. The number of amides is 1. The van der Waals surface area contributed by atoms with Crippen LogP contribution in [-0.4, -0.2) is 44.8 Å². The fraction of sp³-hybridized carbons (Fsp3) is 0.273. The van der Waals surface area contributed by atoms with Gasteiger partial charge in [-0.2, -0.15) is 4.31 Å². The van der Waals surface area contributed by atoms with E-state index in [2.05, 4.69) is 5.32 Å². The van der Waals surface area contributed by atoms with E-state index in [0.717, 1.165) is 10.1 Å². The highest BCUT2D eigenvalue weighted by Gasteiger charge is 2.32. The molecular formula is C22H21ClN2O5S2. The van der Waals surface area contributed by atoms with E-state index in [1.807, 2.05) is 12.1 Å². The van der Waals surface area contributed by atoms with Crippen molar-refractivity contribution in [2.75, 3.05) is 25.5 Å². The van der Waals surface area contributed by atoms with Crippen LogP contribution in [0.5, 0.6) is 0 Å². The van der Waals surface area contributed by atoms with Crippen molar-refractivity contribution < 1.29 is 22.7 Å². The van der Waals surface area contributed by atoms with Crippen LogP contribution in [0.25, 0.3) is 10.1 Å². The number of halogens is 1. The molecule has 1 aliphatic rings. The Labute approximate surface area is 195 Å². The summed E-state index contributed by atoms with van der Waals surface area (Å²) in [6, 6.07) is 13.3. The molecule has 2 heterocycles. The number of piperidine rings is 1. The number of esters is 1. The number of benzene rings is 2. The first kappa shape index (κ1) is 22.7. The van der Waals surface area contributed by atoms with Crippen LogP contribution in [0.4, 0.5) is 5.69 Å². The van der Waals surface area contributed by atoms with Crippen molar-refractivity contribution in [2.45, 2.75) is 17.7 Å². The molecule has 1 aromatic heterocycles. The highest BCUT2D eigenvalue weighted by Crippen LogP contribution is 2.30. The molecule has 0 aliphatic carbocycles. The first-order chi connectivity index (χ1) is 15.3. The molecule has 0 spiro atoms. The molecule has 1 saturated heterocycles. The molecule has 0 bridgehead atoms. The molecule has 10 heteroatoms. The van der Waals surface area contributed by atoms with Gasteiger partial charge in [0, 0.05) is 34.4 Å². The fourth-order valence-electron chi connectivity index (χ4n) is 3.68. The van der Waals surface area contributed by atoms with Gasteiger partial charge in [0.25, 0.3) is 0 Å². The third kappa shape index (κ3) is 4.66. The number of nitrogens with one attached hydrogen (secondary N) is 1. The molecule has 0 unspecified atom stereocenters. The molecule has 168 valence electrons. The van der Waals surface area contributed by atoms with Gasteiger partial charge in [-0.25, -0.2) is 13.2 Å². The van der Waals surface area contributed by atoms with Gasteiger partial charge in [0.1, 0.15) is 4.88 Å². The number of nitrogens with zero attached hydrogens (tertiary/aromatic N) is 1. The number of carbonyl (C=O) groups excluding carboxylic acids is 2. The van der Waals surface area contributed by atoms with Crippen molar-refractivity contribution >= 4 is 60.6 Å². The van der Waals surface area contributed by atoms with Crippen molar-refractivity contribution in [1.82, 2.24) is 4.31 Å². The van der Waals surface area contributed by atoms with Crippen LogP contribution in [0.2, 0.25) is 5.02 Å². The molecule has 3 aromatic rings. The van der Waals surface area contributed by atoms with E-state index < -0.39 is 16.0 Å². The van der Waals surface area contributed by atoms with E-state index in [1.165, 1.54) is 34.9 Å². The minimum Gasteiger partial charge on any atom is -0.465 e. The average Bonchev–Trinajstić information content (AvgIpc) is 3.22. The zero-order valence-electron chi connectivity index (χ0n) is 17.2. The van der Waals surface area contributed by atoms with E-state index in [4.69, 9.17) is 16.3 Å². The maximum atomic E-state index is 12.8. The van der Waals surface area contributed by atoms with Gasteiger partial charge in [-0.15, -0.1) is 11.3 Å². The Kier molecular flexibility index (Phi) is 6.52. The second-order valence-corrected chi connectivity index (χ2v) is 10.9. The van der Waals surface area contributed by atoms with Crippen LogP contribution in [-0.2, 0) is 19.6 Å². The number of hydrogen-bond donors (Lipinski definition) is 1. The summed E-state index contributed by atoms with van der Waals surface area (Å²) in [7, 11) is -2.27. The van der Waals surface area contributed by atoms with E-state index >= 15 is 0 Å².